The van der Waals surface area contributed by atoms with Crippen LogP contribution >= 0.6 is 27.5 Å². The summed E-state index contributed by atoms with van der Waals surface area (Å²) in [6, 6.07) is 15.4. The van der Waals surface area contributed by atoms with Gasteiger partial charge in [-0.2, -0.15) is 0 Å². The molecule has 1 unspecified atom stereocenters. The van der Waals surface area contributed by atoms with E-state index >= 15 is 0 Å². The van der Waals surface area contributed by atoms with Crippen molar-refractivity contribution in [3.63, 3.8) is 0 Å². The zero-order chi connectivity index (χ0) is 11.5. The first-order valence-corrected chi connectivity index (χ1v) is 6.11. The number of rotatable bonds is 2. The summed E-state index contributed by atoms with van der Waals surface area (Å²) in [5.41, 5.74) is 8.17. The molecule has 0 aliphatic rings. The van der Waals surface area contributed by atoms with Gasteiger partial charge in [0.1, 0.15) is 0 Å². The highest BCUT2D eigenvalue weighted by atomic mass is 79.9. The van der Waals surface area contributed by atoms with Gasteiger partial charge in [0.2, 0.25) is 0 Å². The molecule has 2 N–H and O–H groups in total. The summed E-state index contributed by atoms with van der Waals surface area (Å²) < 4.78 is 1.04. The van der Waals surface area contributed by atoms with E-state index in [-0.39, 0.29) is 6.04 Å². The molecule has 0 saturated heterocycles. The van der Waals surface area contributed by atoms with Gasteiger partial charge in [-0.05, 0) is 29.3 Å². The summed E-state index contributed by atoms with van der Waals surface area (Å²) >= 11 is 9.51. The number of nitrogens with two attached hydrogens (primary N) is 1. The van der Waals surface area contributed by atoms with Crippen LogP contribution in [0, 0.1) is 0 Å². The van der Waals surface area contributed by atoms with Gasteiger partial charge in [-0.15, -0.1) is 0 Å². The zero-order valence-corrected chi connectivity index (χ0v) is 10.9. The van der Waals surface area contributed by atoms with Crippen molar-refractivity contribution >= 4 is 27.5 Å². The Morgan fingerprint density at radius 2 is 1.62 bits per heavy atom. The molecule has 2 aromatic carbocycles. The van der Waals surface area contributed by atoms with Crippen molar-refractivity contribution in [2.75, 3.05) is 0 Å². The summed E-state index contributed by atoms with van der Waals surface area (Å²) in [6.07, 6.45) is 0. The maximum absolute atomic E-state index is 6.17. The van der Waals surface area contributed by atoms with Crippen LogP contribution < -0.4 is 5.73 Å². The van der Waals surface area contributed by atoms with Gasteiger partial charge in [0.05, 0.1) is 6.04 Å². The Morgan fingerprint density at radius 1 is 1.00 bits per heavy atom. The largest absolute Gasteiger partial charge is 0.320 e. The SMILES string of the molecule is NC(c1ccc(Br)cc1)c1ccccc1Cl. The maximum atomic E-state index is 6.17. The first-order valence-electron chi connectivity index (χ1n) is 4.94. The third kappa shape index (κ3) is 2.46. The summed E-state index contributed by atoms with van der Waals surface area (Å²) in [5, 5.41) is 0.706. The second-order valence-electron chi connectivity index (χ2n) is 3.55. The Labute approximate surface area is 108 Å². The van der Waals surface area contributed by atoms with Crippen molar-refractivity contribution in [1.82, 2.24) is 0 Å². The van der Waals surface area contributed by atoms with Crippen LogP contribution in [0.15, 0.2) is 53.0 Å². The van der Waals surface area contributed by atoms with Gasteiger partial charge in [0.15, 0.2) is 0 Å². The van der Waals surface area contributed by atoms with Crippen molar-refractivity contribution in [2.45, 2.75) is 6.04 Å². The Morgan fingerprint density at radius 3 is 2.25 bits per heavy atom. The first kappa shape index (κ1) is 11.6. The van der Waals surface area contributed by atoms with E-state index in [4.69, 9.17) is 17.3 Å². The van der Waals surface area contributed by atoms with E-state index < -0.39 is 0 Å². The summed E-state index contributed by atoms with van der Waals surface area (Å²) in [7, 11) is 0. The molecule has 1 nitrogen and oxygen atoms in total. The van der Waals surface area contributed by atoms with Crippen molar-refractivity contribution in [3.05, 3.63) is 69.2 Å². The van der Waals surface area contributed by atoms with Crippen LogP contribution in [-0.4, -0.2) is 0 Å². The lowest BCUT2D eigenvalue weighted by Crippen LogP contribution is -2.12. The number of halogens is 2. The zero-order valence-electron chi connectivity index (χ0n) is 8.53. The molecule has 0 bridgehead atoms. The molecule has 0 heterocycles. The molecule has 0 fully saturated rings. The molecule has 16 heavy (non-hydrogen) atoms. The molecular weight excluding hydrogens is 286 g/mol. The molecule has 2 rings (SSSR count). The Hall–Kier alpha value is -0.830. The average Bonchev–Trinajstić information content (AvgIpc) is 2.30. The molecule has 0 aromatic heterocycles. The van der Waals surface area contributed by atoms with Crippen LogP contribution in [0.2, 0.25) is 5.02 Å². The number of hydrogen-bond donors (Lipinski definition) is 1. The van der Waals surface area contributed by atoms with Crippen LogP contribution in [0.4, 0.5) is 0 Å². The van der Waals surface area contributed by atoms with Gasteiger partial charge >= 0.3 is 0 Å². The summed E-state index contributed by atoms with van der Waals surface area (Å²) in [4.78, 5) is 0. The minimum absolute atomic E-state index is 0.179. The van der Waals surface area contributed by atoms with Crippen LogP contribution in [0.1, 0.15) is 17.2 Å². The van der Waals surface area contributed by atoms with Crippen LogP contribution in [-0.2, 0) is 0 Å². The normalized spacial score (nSPS) is 12.4. The fourth-order valence-corrected chi connectivity index (χ4v) is 2.09. The molecule has 0 aliphatic heterocycles. The topological polar surface area (TPSA) is 26.0 Å². The Bertz CT molecular complexity index is 482. The monoisotopic (exact) mass is 295 g/mol. The molecule has 0 saturated carbocycles. The highest BCUT2D eigenvalue weighted by Crippen LogP contribution is 2.26. The van der Waals surface area contributed by atoms with E-state index in [1.165, 1.54) is 0 Å². The predicted octanol–water partition coefficient (Wildman–Crippen LogP) is 4.15. The molecule has 0 aliphatic carbocycles. The summed E-state index contributed by atoms with van der Waals surface area (Å²) in [5.74, 6) is 0. The fraction of sp³-hybridized carbons (Fsp3) is 0.0769. The first-order chi connectivity index (χ1) is 7.68. The van der Waals surface area contributed by atoms with Gasteiger partial charge < -0.3 is 5.73 Å². The van der Waals surface area contributed by atoms with Crippen LogP contribution in [0.25, 0.3) is 0 Å². The van der Waals surface area contributed by atoms with Gasteiger partial charge in [-0.3, -0.25) is 0 Å². The van der Waals surface area contributed by atoms with E-state index in [1.54, 1.807) is 0 Å². The highest BCUT2D eigenvalue weighted by molar-refractivity contribution is 9.10. The Balaban J connectivity index is 2.35. The van der Waals surface area contributed by atoms with E-state index in [0.29, 0.717) is 5.02 Å². The third-order valence-corrected chi connectivity index (χ3v) is 3.34. The van der Waals surface area contributed by atoms with E-state index in [1.807, 2.05) is 48.5 Å². The van der Waals surface area contributed by atoms with Crippen LogP contribution in [0.3, 0.4) is 0 Å². The highest BCUT2D eigenvalue weighted by Gasteiger charge is 2.11. The standard InChI is InChI=1S/C13H11BrClN/c14-10-7-5-9(6-8-10)13(16)11-3-1-2-4-12(11)15/h1-8,13H,16H2. The van der Waals surface area contributed by atoms with Gasteiger partial charge in [-0.1, -0.05) is 57.9 Å². The maximum Gasteiger partial charge on any atom is 0.0566 e. The number of hydrogen-bond acceptors (Lipinski definition) is 1. The average molecular weight is 297 g/mol. The summed E-state index contributed by atoms with van der Waals surface area (Å²) in [6.45, 7) is 0. The molecule has 0 spiro atoms. The molecule has 0 amide bonds. The lowest BCUT2D eigenvalue weighted by Gasteiger charge is -2.14. The number of benzene rings is 2. The smallest absolute Gasteiger partial charge is 0.0566 e. The quantitative estimate of drug-likeness (QED) is 0.885. The van der Waals surface area contributed by atoms with E-state index in [0.717, 1.165) is 15.6 Å². The molecule has 82 valence electrons. The predicted molar refractivity (Wildman–Crippen MR) is 71.6 cm³/mol. The minimum Gasteiger partial charge on any atom is -0.320 e. The van der Waals surface area contributed by atoms with Crippen molar-refractivity contribution < 1.29 is 0 Å². The molecule has 0 radical (unpaired) electrons. The lowest BCUT2D eigenvalue weighted by molar-refractivity contribution is 0.871. The van der Waals surface area contributed by atoms with Crippen LogP contribution in [0.5, 0.6) is 0 Å². The molecular formula is C13H11BrClN. The van der Waals surface area contributed by atoms with E-state index in [2.05, 4.69) is 15.9 Å². The van der Waals surface area contributed by atoms with Crippen molar-refractivity contribution in [3.8, 4) is 0 Å². The fourth-order valence-electron chi connectivity index (χ4n) is 1.58. The second-order valence-corrected chi connectivity index (χ2v) is 4.87. The molecule has 3 heteroatoms. The van der Waals surface area contributed by atoms with Gasteiger partial charge in [0.25, 0.3) is 0 Å². The van der Waals surface area contributed by atoms with E-state index in [9.17, 15) is 0 Å². The van der Waals surface area contributed by atoms with Gasteiger partial charge in [0, 0.05) is 9.50 Å². The minimum atomic E-state index is -0.179. The van der Waals surface area contributed by atoms with Gasteiger partial charge in [-0.25, -0.2) is 0 Å². The molecule has 1 atom stereocenters. The van der Waals surface area contributed by atoms with Crippen molar-refractivity contribution in [1.29, 1.82) is 0 Å². The van der Waals surface area contributed by atoms with Crippen molar-refractivity contribution in [2.24, 2.45) is 5.73 Å². The second kappa shape index (κ2) is 5.00. The third-order valence-electron chi connectivity index (χ3n) is 2.47. The Kier molecular flexibility index (Phi) is 3.64. The molecule has 2 aromatic rings. The lowest BCUT2D eigenvalue weighted by atomic mass is 10.00.